The molecule has 19 heavy (non-hydrogen) atoms. The van der Waals surface area contributed by atoms with E-state index in [-0.39, 0.29) is 5.78 Å². The monoisotopic (exact) mass is 267 g/mol. The van der Waals surface area contributed by atoms with Crippen molar-refractivity contribution < 1.29 is 4.79 Å². The lowest BCUT2D eigenvalue weighted by atomic mass is 10.2. The van der Waals surface area contributed by atoms with Gasteiger partial charge in [0.05, 0.1) is 4.88 Å². The van der Waals surface area contributed by atoms with Gasteiger partial charge in [0.25, 0.3) is 0 Å². The number of carbonyl (C=O) groups excluding carboxylic acids is 1. The van der Waals surface area contributed by atoms with Gasteiger partial charge in [0, 0.05) is 30.4 Å². The van der Waals surface area contributed by atoms with Crippen LogP contribution in [0.3, 0.4) is 0 Å². The highest BCUT2D eigenvalue weighted by molar-refractivity contribution is 7.17. The number of rotatable bonds is 3. The maximum atomic E-state index is 12.2. The van der Waals surface area contributed by atoms with Crippen LogP contribution in [-0.2, 0) is 0 Å². The standard InChI is InChI=1S/C14H9N3OS/c18-13(11-5-1-2-7-16-11)12-9-17-14(19-12)10-4-3-6-15-8-10/h1-9H. The molecule has 0 aliphatic heterocycles. The first-order valence-electron chi connectivity index (χ1n) is 5.66. The highest BCUT2D eigenvalue weighted by atomic mass is 32.1. The summed E-state index contributed by atoms with van der Waals surface area (Å²) < 4.78 is 0. The lowest BCUT2D eigenvalue weighted by molar-refractivity contribution is 0.103. The van der Waals surface area contributed by atoms with Crippen LogP contribution in [-0.4, -0.2) is 20.7 Å². The van der Waals surface area contributed by atoms with Gasteiger partial charge in [-0.15, -0.1) is 11.3 Å². The lowest BCUT2D eigenvalue weighted by Gasteiger charge is -1.95. The average molecular weight is 267 g/mol. The first-order chi connectivity index (χ1) is 9.34. The molecular formula is C14H9N3OS. The summed E-state index contributed by atoms with van der Waals surface area (Å²) in [5.74, 6) is -0.103. The molecular weight excluding hydrogens is 258 g/mol. The molecule has 5 heteroatoms. The van der Waals surface area contributed by atoms with E-state index in [0.717, 1.165) is 10.6 Å². The Bertz CT molecular complexity index is 695. The van der Waals surface area contributed by atoms with Crippen molar-refractivity contribution in [3.8, 4) is 10.6 Å². The molecule has 4 nitrogen and oxygen atoms in total. The van der Waals surface area contributed by atoms with Crippen molar-refractivity contribution in [1.29, 1.82) is 0 Å². The summed E-state index contributed by atoms with van der Waals surface area (Å²) in [6.07, 6.45) is 6.63. The Balaban J connectivity index is 1.92. The lowest BCUT2D eigenvalue weighted by Crippen LogP contribution is -2.00. The van der Waals surface area contributed by atoms with E-state index in [1.54, 1.807) is 43.0 Å². The van der Waals surface area contributed by atoms with E-state index < -0.39 is 0 Å². The maximum Gasteiger partial charge on any atom is 0.222 e. The molecule has 92 valence electrons. The van der Waals surface area contributed by atoms with Crippen LogP contribution in [0.5, 0.6) is 0 Å². The van der Waals surface area contributed by atoms with Crippen LogP contribution in [0.25, 0.3) is 10.6 Å². The molecule has 0 spiro atoms. The molecule has 0 amide bonds. The molecule has 0 fully saturated rings. The van der Waals surface area contributed by atoms with E-state index in [9.17, 15) is 4.79 Å². The van der Waals surface area contributed by atoms with Crippen LogP contribution >= 0.6 is 11.3 Å². The van der Waals surface area contributed by atoms with E-state index in [1.807, 2.05) is 12.1 Å². The van der Waals surface area contributed by atoms with Gasteiger partial charge in [-0.05, 0) is 24.3 Å². The second-order valence-electron chi connectivity index (χ2n) is 3.82. The van der Waals surface area contributed by atoms with E-state index in [4.69, 9.17) is 0 Å². The third-order valence-electron chi connectivity index (χ3n) is 2.54. The fourth-order valence-electron chi connectivity index (χ4n) is 1.63. The molecule has 0 saturated carbocycles. The predicted molar refractivity (Wildman–Crippen MR) is 73.0 cm³/mol. The van der Waals surface area contributed by atoms with Crippen molar-refractivity contribution in [1.82, 2.24) is 15.0 Å². The Morgan fingerprint density at radius 1 is 1.00 bits per heavy atom. The Kier molecular flexibility index (Phi) is 3.12. The average Bonchev–Trinajstić information content (AvgIpc) is 2.98. The summed E-state index contributed by atoms with van der Waals surface area (Å²) in [4.78, 5) is 25.1. The summed E-state index contributed by atoms with van der Waals surface area (Å²) in [7, 11) is 0. The number of aromatic nitrogens is 3. The second-order valence-corrected chi connectivity index (χ2v) is 4.85. The number of thiazole rings is 1. The molecule has 0 N–H and O–H groups in total. The third kappa shape index (κ3) is 2.41. The van der Waals surface area contributed by atoms with Gasteiger partial charge in [-0.2, -0.15) is 0 Å². The van der Waals surface area contributed by atoms with Gasteiger partial charge >= 0.3 is 0 Å². The maximum absolute atomic E-state index is 12.2. The molecule has 0 radical (unpaired) electrons. The summed E-state index contributed by atoms with van der Waals surface area (Å²) >= 11 is 1.35. The van der Waals surface area contributed by atoms with Crippen LogP contribution in [0.15, 0.2) is 55.1 Å². The Morgan fingerprint density at radius 2 is 1.95 bits per heavy atom. The minimum absolute atomic E-state index is 0.103. The van der Waals surface area contributed by atoms with Crippen molar-refractivity contribution >= 4 is 17.1 Å². The number of hydrogen-bond donors (Lipinski definition) is 0. The van der Waals surface area contributed by atoms with E-state index in [1.165, 1.54) is 11.3 Å². The highest BCUT2D eigenvalue weighted by Crippen LogP contribution is 2.25. The van der Waals surface area contributed by atoms with Gasteiger partial charge in [-0.25, -0.2) is 4.98 Å². The van der Waals surface area contributed by atoms with Gasteiger partial charge in [0.2, 0.25) is 5.78 Å². The fraction of sp³-hybridized carbons (Fsp3) is 0. The molecule has 0 aromatic carbocycles. The topological polar surface area (TPSA) is 55.7 Å². The molecule has 3 aromatic heterocycles. The van der Waals surface area contributed by atoms with E-state index in [2.05, 4.69) is 15.0 Å². The highest BCUT2D eigenvalue weighted by Gasteiger charge is 2.14. The zero-order valence-electron chi connectivity index (χ0n) is 9.85. The van der Waals surface area contributed by atoms with Crippen molar-refractivity contribution in [2.45, 2.75) is 0 Å². The Labute approximate surface area is 113 Å². The first-order valence-corrected chi connectivity index (χ1v) is 6.48. The van der Waals surface area contributed by atoms with Crippen LogP contribution in [0.4, 0.5) is 0 Å². The normalized spacial score (nSPS) is 10.3. The molecule has 0 aliphatic rings. The predicted octanol–water partition coefficient (Wildman–Crippen LogP) is 2.83. The van der Waals surface area contributed by atoms with Gasteiger partial charge < -0.3 is 0 Å². The van der Waals surface area contributed by atoms with E-state index >= 15 is 0 Å². The minimum Gasteiger partial charge on any atom is -0.286 e. The fourth-order valence-corrected chi connectivity index (χ4v) is 2.48. The zero-order valence-corrected chi connectivity index (χ0v) is 10.7. The van der Waals surface area contributed by atoms with Crippen molar-refractivity contribution in [2.75, 3.05) is 0 Å². The van der Waals surface area contributed by atoms with Crippen LogP contribution < -0.4 is 0 Å². The summed E-state index contributed by atoms with van der Waals surface area (Å²) in [6, 6.07) is 9.04. The third-order valence-corrected chi connectivity index (χ3v) is 3.58. The molecule has 0 atom stereocenters. The van der Waals surface area contributed by atoms with E-state index in [0.29, 0.717) is 10.6 Å². The van der Waals surface area contributed by atoms with Gasteiger partial charge in [-0.1, -0.05) is 6.07 Å². The van der Waals surface area contributed by atoms with Crippen molar-refractivity contribution in [2.24, 2.45) is 0 Å². The van der Waals surface area contributed by atoms with Crippen molar-refractivity contribution in [3.63, 3.8) is 0 Å². The first kappa shape index (κ1) is 11.7. The summed E-state index contributed by atoms with van der Waals surface area (Å²) in [5, 5.41) is 0.785. The van der Waals surface area contributed by atoms with Gasteiger partial charge in [0.15, 0.2) is 0 Å². The second kappa shape index (κ2) is 5.07. The number of carbonyl (C=O) groups is 1. The largest absolute Gasteiger partial charge is 0.286 e. The SMILES string of the molecule is O=C(c1ccccn1)c1cnc(-c2cccnc2)s1. The van der Waals surface area contributed by atoms with Gasteiger partial charge in [0.1, 0.15) is 10.7 Å². The molecule has 3 aromatic rings. The Hall–Kier alpha value is -2.40. The van der Waals surface area contributed by atoms with Crippen LogP contribution in [0.2, 0.25) is 0 Å². The number of nitrogens with zero attached hydrogens (tertiary/aromatic N) is 3. The molecule has 0 bridgehead atoms. The zero-order chi connectivity index (χ0) is 13.1. The van der Waals surface area contributed by atoms with Gasteiger partial charge in [-0.3, -0.25) is 14.8 Å². The smallest absolute Gasteiger partial charge is 0.222 e. The Morgan fingerprint density at radius 3 is 2.68 bits per heavy atom. The van der Waals surface area contributed by atoms with Crippen LogP contribution in [0.1, 0.15) is 15.4 Å². The molecule has 0 saturated heterocycles. The molecule has 0 aliphatic carbocycles. The summed E-state index contributed by atoms with van der Waals surface area (Å²) in [6.45, 7) is 0. The summed E-state index contributed by atoms with van der Waals surface area (Å²) in [5.41, 5.74) is 1.34. The molecule has 0 unspecified atom stereocenters. The number of ketones is 1. The van der Waals surface area contributed by atoms with Crippen LogP contribution in [0, 0.1) is 0 Å². The number of hydrogen-bond acceptors (Lipinski definition) is 5. The van der Waals surface area contributed by atoms with Crippen molar-refractivity contribution in [3.05, 3.63) is 65.7 Å². The molecule has 3 heterocycles. The minimum atomic E-state index is -0.103. The quantitative estimate of drug-likeness (QED) is 0.685. The number of pyridine rings is 2. The molecule has 3 rings (SSSR count).